The fourth-order valence-electron chi connectivity index (χ4n) is 3.36. The van der Waals surface area contributed by atoms with Gasteiger partial charge in [-0.3, -0.25) is 4.79 Å². The average Bonchev–Trinajstić information content (AvgIpc) is 3.25. The van der Waals surface area contributed by atoms with Gasteiger partial charge in [0.15, 0.2) is 6.61 Å². The minimum atomic E-state index is -0.205. The summed E-state index contributed by atoms with van der Waals surface area (Å²) in [7, 11) is 0. The summed E-state index contributed by atoms with van der Waals surface area (Å²) in [6.45, 7) is 1.91. The highest BCUT2D eigenvalue weighted by molar-refractivity contribution is 5.79. The molecule has 0 bridgehead atoms. The fraction of sp³-hybridized carbons (Fsp3) is 0.286. The van der Waals surface area contributed by atoms with Crippen molar-refractivity contribution in [1.29, 1.82) is 0 Å². The van der Waals surface area contributed by atoms with E-state index in [1.54, 1.807) is 0 Å². The third-order valence-electron chi connectivity index (χ3n) is 4.69. The van der Waals surface area contributed by atoms with Gasteiger partial charge in [-0.05, 0) is 61.6 Å². The molecular formula is C21H21NO3. The van der Waals surface area contributed by atoms with E-state index in [9.17, 15) is 4.79 Å². The van der Waals surface area contributed by atoms with Gasteiger partial charge in [-0.25, -0.2) is 0 Å². The Morgan fingerprint density at radius 2 is 2.00 bits per heavy atom. The van der Waals surface area contributed by atoms with E-state index in [0.29, 0.717) is 0 Å². The molecule has 0 saturated heterocycles. The molecule has 0 radical (unpaired) electrons. The van der Waals surface area contributed by atoms with Crippen molar-refractivity contribution < 1.29 is 13.9 Å². The number of furan rings is 1. The number of para-hydroxylation sites is 1. The van der Waals surface area contributed by atoms with Gasteiger partial charge in [-0.15, -0.1) is 0 Å². The zero-order valence-corrected chi connectivity index (χ0v) is 14.2. The molecule has 0 aliphatic heterocycles. The number of rotatable bonds is 5. The predicted octanol–water partition coefficient (Wildman–Crippen LogP) is 4.18. The van der Waals surface area contributed by atoms with Crippen molar-refractivity contribution in [2.75, 3.05) is 6.61 Å². The van der Waals surface area contributed by atoms with E-state index < -0.39 is 0 Å². The first kappa shape index (κ1) is 15.8. The lowest BCUT2D eigenvalue weighted by Crippen LogP contribution is -2.31. The second-order valence-electron chi connectivity index (χ2n) is 6.55. The highest BCUT2D eigenvalue weighted by atomic mass is 16.5. The first-order valence-corrected chi connectivity index (χ1v) is 8.71. The Kier molecular flexibility index (Phi) is 4.18. The van der Waals surface area contributed by atoms with Crippen LogP contribution in [0.5, 0.6) is 5.75 Å². The Morgan fingerprint density at radius 3 is 2.88 bits per heavy atom. The highest BCUT2D eigenvalue weighted by Gasteiger charge is 2.15. The first-order valence-electron chi connectivity index (χ1n) is 8.71. The first-order chi connectivity index (χ1) is 12.2. The van der Waals surface area contributed by atoms with Gasteiger partial charge >= 0.3 is 0 Å². The maximum atomic E-state index is 12.2. The zero-order chi connectivity index (χ0) is 17.2. The van der Waals surface area contributed by atoms with Crippen LogP contribution in [0.15, 0.2) is 52.9 Å². The zero-order valence-electron chi connectivity index (χ0n) is 14.2. The smallest absolute Gasteiger partial charge is 0.258 e. The Hall–Kier alpha value is -2.75. The molecule has 1 aliphatic carbocycles. The number of carbonyl (C=O) groups excluding carboxylic acids is 1. The lowest BCUT2D eigenvalue weighted by atomic mass is 10.1. The van der Waals surface area contributed by atoms with Gasteiger partial charge < -0.3 is 14.5 Å². The molecule has 1 N–H and O–H groups in total. The molecular weight excluding hydrogens is 314 g/mol. The lowest BCUT2D eigenvalue weighted by molar-refractivity contribution is -0.123. The molecule has 4 nitrogen and oxygen atoms in total. The minimum Gasteiger partial charge on any atom is -0.484 e. The number of fused-ring (bicyclic) bond motifs is 2. The molecule has 128 valence electrons. The quantitative estimate of drug-likeness (QED) is 0.761. The Labute approximate surface area is 146 Å². The van der Waals surface area contributed by atoms with Gasteiger partial charge in [0.2, 0.25) is 0 Å². The van der Waals surface area contributed by atoms with Crippen LogP contribution in [-0.4, -0.2) is 12.5 Å². The fourth-order valence-corrected chi connectivity index (χ4v) is 3.36. The van der Waals surface area contributed by atoms with Crippen molar-refractivity contribution in [3.63, 3.8) is 0 Å². The number of aryl methyl sites for hydroxylation is 2. The molecule has 25 heavy (non-hydrogen) atoms. The molecule has 0 fully saturated rings. The SMILES string of the molecule is C[C@@H](NC(=O)COc1ccc2c(c1)CCC2)c1cc2ccccc2o1. The molecule has 4 heteroatoms. The van der Waals surface area contributed by atoms with Crippen LogP contribution in [0.3, 0.4) is 0 Å². The predicted molar refractivity (Wildman–Crippen MR) is 96.7 cm³/mol. The van der Waals surface area contributed by atoms with Crippen LogP contribution in [0.4, 0.5) is 0 Å². The Morgan fingerprint density at radius 1 is 1.16 bits per heavy atom. The summed E-state index contributed by atoms with van der Waals surface area (Å²) in [6.07, 6.45) is 3.45. The summed E-state index contributed by atoms with van der Waals surface area (Å²) >= 11 is 0. The largest absolute Gasteiger partial charge is 0.484 e. The summed E-state index contributed by atoms with van der Waals surface area (Å²) < 4.78 is 11.4. The summed E-state index contributed by atoms with van der Waals surface area (Å²) in [5.41, 5.74) is 3.57. The van der Waals surface area contributed by atoms with Gasteiger partial charge in [0, 0.05) is 5.39 Å². The van der Waals surface area contributed by atoms with E-state index >= 15 is 0 Å². The summed E-state index contributed by atoms with van der Waals surface area (Å²) in [5, 5.41) is 3.96. The van der Waals surface area contributed by atoms with Crippen LogP contribution in [0, 0.1) is 0 Å². The second kappa shape index (κ2) is 6.63. The van der Waals surface area contributed by atoms with Crippen molar-refractivity contribution in [3.05, 3.63) is 65.4 Å². The van der Waals surface area contributed by atoms with Crippen LogP contribution in [0.25, 0.3) is 11.0 Å². The van der Waals surface area contributed by atoms with E-state index in [-0.39, 0.29) is 18.6 Å². The molecule has 3 aromatic rings. The maximum absolute atomic E-state index is 12.2. The number of hydrogen-bond donors (Lipinski definition) is 1. The van der Waals surface area contributed by atoms with Gasteiger partial charge in [-0.2, -0.15) is 0 Å². The minimum absolute atomic E-state index is 0.00333. The molecule has 0 unspecified atom stereocenters. The second-order valence-corrected chi connectivity index (χ2v) is 6.55. The standard InChI is InChI=1S/C21H21NO3/c1-14(20-12-17-5-2-3-8-19(17)25-20)22-21(23)13-24-18-10-9-15-6-4-7-16(15)11-18/h2-3,5,8-12,14H,4,6-7,13H2,1H3,(H,22,23)/t14-/m1/s1. The van der Waals surface area contributed by atoms with E-state index in [1.165, 1.54) is 17.5 Å². The van der Waals surface area contributed by atoms with Gasteiger partial charge in [0.05, 0.1) is 6.04 Å². The monoisotopic (exact) mass is 335 g/mol. The number of amides is 1. The number of nitrogens with one attached hydrogen (secondary N) is 1. The van der Waals surface area contributed by atoms with Crippen LogP contribution >= 0.6 is 0 Å². The third-order valence-corrected chi connectivity index (χ3v) is 4.69. The number of ether oxygens (including phenoxy) is 1. The lowest BCUT2D eigenvalue weighted by Gasteiger charge is -2.12. The van der Waals surface area contributed by atoms with Crippen LogP contribution < -0.4 is 10.1 Å². The molecule has 1 atom stereocenters. The molecule has 2 aromatic carbocycles. The molecule has 1 amide bonds. The molecule has 4 rings (SSSR count). The molecule has 1 aromatic heterocycles. The van der Waals surface area contributed by atoms with E-state index in [2.05, 4.69) is 17.4 Å². The van der Waals surface area contributed by atoms with Gasteiger partial charge in [0.1, 0.15) is 17.1 Å². The van der Waals surface area contributed by atoms with Crippen LogP contribution in [0.2, 0.25) is 0 Å². The Balaban J connectivity index is 1.35. The Bertz CT molecular complexity index is 879. The number of hydrogen-bond acceptors (Lipinski definition) is 3. The van der Waals surface area contributed by atoms with Crippen molar-refractivity contribution in [3.8, 4) is 5.75 Å². The highest BCUT2D eigenvalue weighted by Crippen LogP contribution is 2.26. The van der Waals surface area contributed by atoms with Crippen molar-refractivity contribution in [2.45, 2.75) is 32.2 Å². The van der Waals surface area contributed by atoms with E-state index in [4.69, 9.17) is 9.15 Å². The van der Waals surface area contributed by atoms with Crippen LogP contribution in [0.1, 0.15) is 36.3 Å². The molecule has 0 spiro atoms. The van der Waals surface area contributed by atoms with E-state index in [1.807, 2.05) is 43.3 Å². The average molecular weight is 335 g/mol. The third kappa shape index (κ3) is 3.38. The van der Waals surface area contributed by atoms with E-state index in [0.717, 1.165) is 35.3 Å². The van der Waals surface area contributed by atoms with Crippen molar-refractivity contribution in [1.82, 2.24) is 5.32 Å². The van der Waals surface area contributed by atoms with Crippen molar-refractivity contribution in [2.24, 2.45) is 0 Å². The van der Waals surface area contributed by atoms with Crippen molar-refractivity contribution >= 4 is 16.9 Å². The van der Waals surface area contributed by atoms with Gasteiger partial charge in [0.25, 0.3) is 5.91 Å². The topological polar surface area (TPSA) is 51.5 Å². The molecule has 1 aliphatic rings. The number of carbonyl (C=O) groups is 1. The summed E-state index contributed by atoms with van der Waals surface area (Å²) in [4.78, 5) is 12.2. The normalized spacial score (nSPS) is 14.3. The molecule has 0 saturated carbocycles. The van der Waals surface area contributed by atoms with Gasteiger partial charge in [-0.1, -0.05) is 24.3 Å². The molecule has 1 heterocycles. The summed E-state index contributed by atoms with van der Waals surface area (Å²) in [6, 6.07) is 15.7. The summed E-state index contributed by atoms with van der Waals surface area (Å²) in [5.74, 6) is 1.34. The number of benzene rings is 2. The maximum Gasteiger partial charge on any atom is 0.258 e. The van der Waals surface area contributed by atoms with Crippen LogP contribution in [-0.2, 0) is 17.6 Å².